The van der Waals surface area contributed by atoms with Crippen LogP contribution in [0.4, 0.5) is 11.4 Å². The number of benzene rings is 1. The summed E-state index contributed by atoms with van der Waals surface area (Å²) < 4.78 is 2.17. The van der Waals surface area contributed by atoms with Gasteiger partial charge in [-0.05, 0) is 82.0 Å². The Kier molecular flexibility index (Phi) is 11.1. The molecule has 14 heteroatoms. The highest BCUT2D eigenvalue weighted by Gasteiger charge is 2.39. The van der Waals surface area contributed by atoms with E-state index in [0.29, 0.717) is 17.9 Å². The van der Waals surface area contributed by atoms with Gasteiger partial charge in [-0.25, -0.2) is 4.98 Å². The fourth-order valence-corrected chi connectivity index (χ4v) is 9.15. The average molecular weight is 776 g/mol. The normalized spacial score (nSPS) is 23.6. The molecule has 3 saturated carbocycles. The highest BCUT2D eigenvalue weighted by molar-refractivity contribution is 5.96. The largest absolute Gasteiger partial charge is 0.393 e. The molecule has 57 heavy (non-hydrogen) atoms. The molecular weight excluding hydrogens is 719 g/mol. The number of nitrogens with two attached hydrogens (primary N) is 2. The van der Waals surface area contributed by atoms with Crippen molar-refractivity contribution in [2.24, 2.45) is 29.2 Å². The zero-order valence-corrected chi connectivity index (χ0v) is 33.4. The Hall–Kier alpha value is -5.21. The summed E-state index contributed by atoms with van der Waals surface area (Å²) in [5.41, 5.74) is 19.3. The highest BCUT2D eigenvalue weighted by Crippen LogP contribution is 2.49. The van der Waals surface area contributed by atoms with E-state index in [1.165, 1.54) is 44.1 Å². The molecule has 1 aromatic carbocycles. The SMILES string of the molecule is CCC1c2c(cnn2C2CN(Cc3cccc(C=O)n3)C2)-c2cccc(NC(/C=C(\N)NC(=O)C3CC3)=C(/N)C(=O)NC3CC3)c2N1C.CN1CC2CCCC2C1. The van der Waals surface area contributed by atoms with E-state index in [4.69, 9.17) is 16.6 Å². The summed E-state index contributed by atoms with van der Waals surface area (Å²) >= 11 is 0. The van der Waals surface area contributed by atoms with Crippen molar-refractivity contribution >= 4 is 29.5 Å². The number of carbonyl (C=O) groups excluding carboxylic acids is 3. The third-order valence-corrected chi connectivity index (χ3v) is 12.4. The number of carbonyl (C=O) groups is 3. The molecule has 6 aliphatic rings. The molecule has 3 atom stereocenters. The standard InChI is InChI=1S/C35H42N10O3.C8H15N/c1-3-29-33-26(15-38-45(33)24-17-44(18-24)16-22-6-4-7-23(19-46)39-22)25-8-5-9-27(32(25)43(29)2)41-28(31(37)35(48)40-21-12-13-21)14-30(36)42-34(47)20-10-11-20;1-9-5-7-3-2-4-8(7)6-9/h4-9,14-15,19-21,24,29,41H,3,10-13,16-18,36-37H2,1-2H3,(H,40,48)(H,42,47);7-8H,2-6H2,1H3/b30-14+,31-28+;. The number of aldehydes is 1. The maximum atomic E-state index is 13.1. The van der Waals surface area contributed by atoms with Crippen LogP contribution in [0, 0.1) is 17.8 Å². The monoisotopic (exact) mass is 775 g/mol. The quantitative estimate of drug-likeness (QED) is 0.101. The second-order valence-corrected chi connectivity index (χ2v) is 16.9. The number of rotatable bonds is 12. The Morgan fingerprint density at radius 1 is 0.930 bits per heavy atom. The van der Waals surface area contributed by atoms with Gasteiger partial charge in [0.2, 0.25) is 5.91 Å². The molecule has 2 aromatic heterocycles. The third kappa shape index (κ3) is 8.43. The first-order valence-corrected chi connectivity index (χ1v) is 20.7. The van der Waals surface area contributed by atoms with Crippen molar-refractivity contribution in [1.29, 1.82) is 0 Å². The van der Waals surface area contributed by atoms with Crippen LogP contribution in [0.25, 0.3) is 11.1 Å². The van der Waals surface area contributed by atoms with Crippen LogP contribution in [0.2, 0.25) is 0 Å². The molecule has 5 fully saturated rings. The molecule has 302 valence electrons. The van der Waals surface area contributed by atoms with Crippen molar-refractivity contribution in [3.05, 3.63) is 83.0 Å². The molecule has 3 aliphatic carbocycles. The molecule has 3 aliphatic heterocycles. The average Bonchev–Trinajstić information content (AvgIpc) is 4.09. The summed E-state index contributed by atoms with van der Waals surface area (Å²) in [4.78, 5) is 48.1. The molecule has 14 nitrogen and oxygen atoms in total. The maximum absolute atomic E-state index is 13.1. The summed E-state index contributed by atoms with van der Waals surface area (Å²) in [5.74, 6) is 1.74. The third-order valence-electron chi connectivity index (χ3n) is 12.4. The molecule has 3 aromatic rings. The molecule has 2 amide bonds. The zero-order valence-electron chi connectivity index (χ0n) is 33.4. The van der Waals surface area contributed by atoms with Crippen LogP contribution in [0.15, 0.2) is 65.9 Å². The predicted molar refractivity (Wildman–Crippen MR) is 221 cm³/mol. The first kappa shape index (κ1) is 38.7. The Balaban J connectivity index is 0.000000441. The molecule has 9 rings (SSSR count). The van der Waals surface area contributed by atoms with E-state index in [2.05, 4.69) is 67.4 Å². The van der Waals surface area contributed by atoms with E-state index in [-0.39, 0.29) is 47.4 Å². The van der Waals surface area contributed by atoms with Crippen molar-refractivity contribution in [2.75, 3.05) is 50.5 Å². The van der Waals surface area contributed by atoms with Crippen LogP contribution in [0.5, 0.6) is 0 Å². The van der Waals surface area contributed by atoms with Gasteiger partial charge in [0.05, 0.1) is 46.7 Å². The van der Waals surface area contributed by atoms with Crippen LogP contribution in [-0.4, -0.2) is 89.0 Å². The van der Waals surface area contributed by atoms with Gasteiger partial charge in [-0.3, -0.25) is 24.0 Å². The second-order valence-electron chi connectivity index (χ2n) is 16.9. The number of amides is 2. The van der Waals surface area contributed by atoms with E-state index < -0.39 is 0 Å². The number of hydrogen-bond donors (Lipinski definition) is 5. The maximum Gasteiger partial charge on any atom is 0.269 e. The lowest BCUT2D eigenvalue weighted by Crippen LogP contribution is -2.48. The minimum absolute atomic E-state index is 0.00948. The number of nitrogens with zero attached hydrogens (tertiary/aromatic N) is 6. The number of allylic oxidation sites excluding steroid dienone is 1. The van der Waals surface area contributed by atoms with E-state index >= 15 is 0 Å². The van der Waals surface area contributed by atoms with Crippen molar-refractivity contribution in [2.45, 2.75) is 83.0 Å². The first-order valence-electron chi connectivity index (χ1n) is 20.7. The number of pyridine rings is 1. The number of anilines is 2. The number of aromatic nitrogens is 3. The number of fused-ring (bicyclic) bond motifs is 4. The summed E-state index contributed by atoms with van der Waals surface area (Å²) in [6, 6.07) is 11.9. The van der Waals surface area contributed by atoms with Gasteiger partial charge in [0, 0.05) is 68.9 Å². The van der Waals surface area contributed by atoms with Gasteiger partial charge in [-0.1, -0.05) is 31.5 Å². The molecule has 2 saturated heterocycles. The lowest BCUT2D eigenvalue weighted by atomic mass is 9.91. The fraction of sp³-hybridized carbons (Fsp3) is 0.512. The first-order chi connectivity index (χ1) is 27.6. The minimum atomic E-state index is -0.382. The van der Waals surface area contributed by atoms with Gasteiger partial charge in [0.15, 0.2) is 6.29 Å². The van der Waals surface area contributed by atoms with Gasteiger partial charge >= 0.3 is 0 Å². The van der Waals surface area contributed by atoms with Gasteiger partial charge in [-0.15, -0.1) is 0 Å². The van der Waals surface area contributed by atoms with E-state index in [9.17, 15) is 14.4 Å². The molecule has 5 heterocycles. The molecule has 3 unspecified atom stereocenters. The van der Waals surface area contributed by atoms with E-state index in [1.54, 1.807) is 6.07 Å². The Morgan fingerprint density at radius 2 is 1.67 bits per heavy atom. The number of likely N-dealkylation sites (tertiary alicyclic amines) is 2. The van der Waals surface area contributed by atoms with Crippen molar-refractivity contribution in [1.82, 2.24) is 35.2 Å². The molecule has 0 bridgehead atoms. The molecule has 0 radical (unpaired) electrons. The van der Waals surface area contributed by atoms with E-state index in [1.807, 2.05) is 30.5 Å². The van der Waals surface area contributed by atoms with Crippen molar-refractivity contribution < 1.29 is 14.4 Å². The smallest absolute Gasteiger partial charge is 0.269 e. The summed E-state index contributed by atoms with van der Waals surface area (Å²) in [7, 11) is 4.32. The minimum Gasteiger partial charge on any atom is -0.393 e. The topological polar surface area (TPSA) is 180 Å². The Morgan fingerprint density at radius 3 is 2.35 bits per heavy atom. The molecule has 0 spiro atoms. The van der Waals surface area contributed by atoms with Gasteiger partial charge in [-0.2, -0.15) is 5.10 Å². The lowest BCUT2D eigenvalue weighted by Gasteiger charge is -2.43. The van der Waals surface area contributed by atoms with E-state index in [0.717, 1.165) is 91.5 Å². The van der Waals surface area contributed by atoms with Gasteiger partial charge in [0.25, 0.3) is 5.91 Å². The Bertz CT molecular complexity index is 2050. The van der Waals surface area contributed by atoms with Crippen LogP contribution in [-0.2, 0) is 16.1 Å². The van der Waals surface area contributed by atoms with Gasteiger partial charge < -0.3 is 37.2 Å². The zero-order chi connectivity index (χ0) is 39.8. The van der Waals surface area contributed by atoms with Crippen molar-refractivity contribution in [3.8, 4) is 11.1 Å². The second kappa shape index (κ2) is 16.3. The summed E-state index contributed by atoms with van der Waals surface area (Å²) in [5, 5.41) is 14.0. The summed E-state index contributed by atoms with van der Waals surface area (Å²) in [6.07, 6.45) is 13.2. The molecular formula is C43H57N11O3. The number of nitrogens with one attached hydrogen (secondary N) is 3. The van der Waals surface area contributed by atoms with Crippen LogP contribution >= 0.6 is 0 Å². The Labute approximate surface area is 335 Å². The number of hydrogen-bond acceptors (Lipinski definition) is 11. The summed E-state index contributed by atoms with van der Waals surface area (Å²) in [6.45, 7) is 7.26. The van der Waals surface area contributed by atoms with Crippen molar-refractivity contribution in [3.63, 3.8) is 0 Å². The highest BCUT2D eigenvalue weighted by atomic mass is 16.2. The predicted octanol–water partition coefficient (Wildman–Crippen LogP) is 4.25. The van der Waals surface area contributed by atoms with Gasteiger partial charge in [0.1, 0.15) is 17.2 Å². The molecule has 7 N–H and O–H groups in total. The number of para-hydroxylation sites is 1. The van der Waals surface area contributed by atoms with Crippen LogP contribution < -0.4 is 32.3 Å². The van der Waals surface area contributed by atoms with Crippen LogP contribution in [0.3, 0.4) is 0 Å². The lowest BCUT2D eigenvalue weighted by molar-refractivity contribution is -0.121. The van der Waals surface area contributed by atoms with Crippen LogP contribution in [0.1, 0.15) is 92.3 Å². The fourth-order valence-electron chi connectivity index (χ4n) is 9.15.